The van der Waals surface area contributed by atoms with Crippen molar-refractivity contribution in [3.05, 3.63) is 23.8 Å². The van der Waals surface area contributed by atoms with Crippen molar-refractivity contribution in [2.24, 2.45) is 5.92 Å². The van der Waals surface area contributed by atoms with Gasteiger partial charge in [-0.3, -0.25) is 9.69 Å². The molecule has 0 radical (unpaired) electrons. The van der Waals surface area contributed by atoms with Crippen molar-refractivity contribution in [3.8, 4) is 11.5 Å². The van der Waals surface area contributed by atoms with Gasteiger partial charge in [-0.25, -0.2) is 0 Å². The molecule has 2 heterocycles. The van der Waals surface area contributed by atoms with E-state index in [4.69, 9.17) is 18.9 Å². The Hall–Kier alpha value is -1.83. The molecular formula is C20H30N2O5. The molecule has 1 aromatic rings. The molecule has 2 aliphatic rings. The van der Waals surface area contributed by atoms with Crippen LogP contribution in [0.3, 0.4) is 0 Å². The molecule has 0 aliphatic carbocycles. The third kappa shape index (κ3) is 4.91. The molecule has 0 saturated carbocycles. The van der Waals surface area contributed by atoms with Gasteiger partial charge in [0.15, 0.2) is 17.8 Å². The monoisotopic (exact) mass is 378 g/mol. The van der Waals surface area contributed by atoms with Crippen molar-refractivity contribution in [2.75, 3.05) is 40.5 Å². The third-order valence-corrected chi connectivity index (χ3v) is 5.45. The fourth-order valence-corrected chi connectivity index (χ4v) is 3.72. The summed E-state index contributed by atoms with van der Waals surface area (Å²) in [4.78, 5) is 14.8. The Balaban J connectivity index is 1.46. The van der Waals surface area contributed by atoms with Crippen LogP contribution in [0.15, 0.2) is 18.2 Å². The number of nitrogens with one attached hydrogen (secondary N) is 1. The number of piperidine rings is 1. The maximum Gasteiger partial charge on any atom is 0.237 e. The topological polar surface area (TPSA) is 69.3 Å². The minimum atomic E-state index is -0.156. The van der Waals surface area contributed by atoms with Crippen molar-refractivity contribution >= 4 is 5.91 Å². The van der Waals surface area contributed by atoms with Crippen LogP contribution < -0.4 is 14.8 Å². The van der Waals surface area contributed by atoms with Crippen molar-refractivity contribution in [1.29, 1.82) is 0 Å². The highest BCUT2D eigenvalue weighted by Gasteiger charge is 2.33. The van der Waals surface area contributed by atoms with Gasteiger partial charge in [0.1, 0.15) is 0 Å². The predicted molar refractivity (Wildman–Crippen MR) is 101 cm³/mol. The molecule has 1 N–H and O–H groups in total. The summed E-state index contributed by atoms with van der Waals surface area (Å²) in [5.41, 5.74) is 0.974. The Labute approximate surface area is 160 Å². The zero-order chi connectivity index (χ0) is 19.2. The molecule has 0 spiro atoms. The van der Waals surface area contributed by atoms with Crippen molar-refractivity contribution in [3.63, 3.8) is 0 Å². The van der Waals surface area contributed by atoms with Crippen molar-refractivity contribution in [1.82, 2.24) is 10.2 Å². The number of amides is 1. The van der Waals surface area contributed by atoms with Crippen LogP contribution in [0.25, 0.3) is 0 Å². The van der Waals surface area contributed by atoms with Gasteiger partial charge in [0.05, 0.1) is 33.5 Å². The normalized spacial score (nSPS) is 20.4. The molecule has 1 aromatic carbocycles. The second kappa shape index (κ2) is 9.39. The summed E-state index contributed by atoms with van der Waals surface area (Å²) in [6.45, 7) is 5.59. The number of carbonyl (C=O) groups excluding carboxylic acids is 1. The number of benzene rings is 1. The van der Waals surface area contributed by atoms with Gasteiger partial charge in [0, 0.05) is 12.5 Å². The second-order valence-corrected chi connectivity index (χ2v) is 7.07. The van der Waals surface area contributed by atoms with Crippen molar-refractivity contribution in [2.45, 2.75) is 38.6 Å². The van der Waals surface area contributed by atoms with Gasteiger partial charge in [-0.1, -0.05) is 6.07 Å². The standard InChI is InChI=1S/C20H30N2O5/c1-14(22-8-6-16(7-9-22)20-26-10-11-27-20)19(23)21-13-15-4-5-17(24-2)18(12-15)25-3/h4-5,12,14,16,20H,6-11,13H2,1-3H3,(H,21,23). The number of hydrogen-bond donors (Lipinski definition) is 1. The fraction of sp³-hybridized carbons (Fsp3) is 0.650. The number of carbonyl (C=O) groups is 1. The number of likely N-dealkylation sites (tertiary alicyclic amines) is 1. The molecule has 0 aromatic heterocycles. The lowest BCUT2D eigenvalue weighted by atomic mass is 9.95. The first-order valence-electron chi connectivity index (χ1n) is 9.58. The van der Waals surface area contributed by atoms with Gasteiger partial charge in [0.2, 0.25) is 5.91 Å². The lowest BCUT2D eigenvalue weighted by Crippen LogP contribution is -2.49. The quantitative estimate of drug-likeness (QED) is 0.780. The summed E-state index contributed by atoms with van der Waals surface area (Å²) in [5, 5.41) is 3.02. The molecule has 0 bridgehead atoms. The Morgan fingerprint density at radius 1 is 1.19 bits per heavy atom. The molecule has 7 nitrogen and oxygen atoms in total. The summed E-state index contributed by atoms with van der Waals surface area (Å²) >= 11 is 0. The lowest BCUT2D eigenvalue weighted by Gasteiger charge is -2.36. The Morgan fingerprint density at radius 3 is 2.48 bits per heavy atom. The van der Waals surface area contributed by atoms with E-state index in [9.17, 15) is 4.79 Å². The number of methoxy groups -OCH3 is 2. The Bertz CT molecular complexity index is 625. The smallest absolute Gasteiger partial charge is 0.237 e. The van der Waals surface area contributed by atoms with Gasteiger partial charge >= 0.3 is 0 Å². The van der Waals surface area contributed by atoms with E-state index < -0.39 is 0 Å². The maximum atomic E-state index is 12.6. The average Bonchev–Trinajstić information content (AvgIpc) is 3.26. The van der Waals surface area contributed by atoms with Gasteiger partial charge in [-0.2, -0.15) is 0 Å². The zero-order valence-electron chi connectivity index (χ0n) is 16.4. The fourth-order valence-electron chi connectivity index (χ4n) is 3.72. The summed E-state index contributed by atoms with van der Waals surface area (Å²) in [7, 11) is 3.21. The predicted octanol–water partition coefficient (Wildman–Crippen LogP) is 1.79. The van der Waals surface area contributed by atoms with Crippen LogP contribution in [-0.2, 0) is 20.8 Å². The van der Waals surface area contributed by atoms with E-state index >= 15 is 0 Å². The highest BCUT2D eigenvalue weighted by atomic mass is 16.7. The number of hydrogen-bond acceptors (Lipinski definition) is 6. The van der Waals surface area contributed by atoms with Crippen LogP contribution in [0, 0.1) is 5.92 Å². The van der Waals surface area contributed by atoms with Crippen LogP contribution in [0.2, 0.25) is 0 Å². The van der Waals surface area contributed by atoms with Crippen LogP contribution >= 0.6 is 0 Å². The lowest BCUT2D eigenvalue weighted by molar-refractivity contribution is -0.128. The molecule has 2 saturated heterocycles. The largest absolute Gasteiger partial charge is 0.493 e. The number of ether oxygens (including phenoxy) is 4. The molecule has 150 valence electrons. The van der Waals surface area contributed by atoms with E-state index in [1.54, 1.807) is 14.2 Å². The molecule has 3 rings (SSSR count). The van der Waals surface area contributed by atoms with E-state index in [0.717, 1.165) is 31.5 Å². The number of rotatable bonds is 7. The van der Waals surface area contributed by atoms with Crippen molar-refractivity contribution < 1.29 is 23.7 Å². The first-order chi connectivity index (χ1) is 13.1. The van der Waals surface area contributed by atoms with Crippen LogP contribution in [0.1, 0.15) is 25.3 Å². The van der Waals surface area contributed by atoms with Gasteiger partial charge in [-0.15, -0.1) is 0 Å². The molecule has 1 atom stereocenters. The highest BCUT2D eigenvalue weighted by Crippen LogP contribution is 2.28. The minimum Gasteiger partial charge on any atom is -0.493 e. The van der Waals surface area contributed by atoms with Gasteiger partial charge in [0.25, 0.3) is 0 Å². The summed E-state index contributed by atoms with van der Waals surface area (Å²) < 4.78 is 21.8. The molecule has 2 fully saturated rings. The molecule has 1 amide bonds. The molecular weight excluding hydrogens is 348 g/mol. The summed E-state index contributed by atoms with van der Waals surface area (Å²) in [6.07, 6.45) is 1.94. The minimum absolute atomic E-state index is 0.0385. The van der Waals surface area contributed by atoms with E-state index in [0.29, 0.717) is 37.2 Å². The molecule has 2 aliphatic heterocycles. The van der Waals surface area contributed by atoms with E-state index in [-0.39, 0.29) is 18.2 Å². The van der Waals surface area contributed by atoms with E-state index in [2.05, 4.69) is 10.2 Å². The first kappa shape index (κ1) is 19.9. The molecule has 1 unspecified atom stereocenters. The van der Waals surface area contributed by atoms with Crippen LogP contribution in [0.4, 0.5) is 0 Å². The van der Waals surface area contributed by atoms with E-state index in [1.165, 1.54) is 0 Å². The molecule has 27 heavy (non-hydrogen) atoms. The zero-order valence-corrected chi connectivity index (χ0v) is 16.4. The van der Waals surface area contributed by atoms with Crippen LogP contribution in [0.5, 0.6) is 11.5 Å². The number of nitrogens with zero attached hydrogens (tertiary/aromatic N) is 1. The summed E-state index contributed by atoms with van der Waals surface area (Å²) in [6, 6.07) is 5.51. The second-order valence-electron chi connectivity index (χ2n) is 7.07. The summed E-state index contributed by atoms with van der Waals surface area (Å²) in [5.74, 6) is 1.82. The average molecular weight is 378 g/mol. The van der Waals surface area contributed by atoms with Gasteiger partial charge in [-0.05, 0) is 50.6 Å². The van der Waals surface area contributed by atoms with Gasteiger partial charge < -0.3 is 24.3 Å². The Kier molecular flexibility index (Phi) is 6.93. The van der Waals surface area contributed by atoms with E-state index in [1.807, 2.05) is 25.1 Å². The van der Waals surface area contributed by atoms with Crippen LogP contribution in [-0.4, -0.2) is 63.7 Å². The first-order valence-corrected chi connectivity index (χ1v) is 9.58. The maximum absolute atomic E-state index is 12.6. The third-order valence-electron chi connectivity index (χ3n) is 5.45. The highest BCUT2D eigenvalue weighted by molar-refractivity contribution is 5.81. The molecule has 7 heteroatoms. The SMILES string of the molecule is COc1ccc(CNC(=O)C(C)N2CCC(C3OCCO3)CC2)cc1OC. The Morgan fingerprint density at radius 2 is 1.85 bits per heavy atom.